The predicted octanol–water partition coefficient (Wildman–Crippen LogP) is 33.0. The zero-order valence-electron chi connectivity index (χ0n) is 67.1. The van der Waals surface area contributed by atoms with Gasteiger partial charge in [0, 0.05) is 22.3 Å². The Labute approximate surface area is 614 Å². The van der Waals surface area contributed by atoms with Gasteiger partial charge in [-0.1, -0.05) is 249 Å². The molecule has 0 aromatic heterocycles. The molecular weight excluding hydrogens is 1220 g/mol. The average molecular weight is 1380 g/mol. The Hall–Kier alpha value is -2.51. The molecule has 0 aliphatic carbocycles. The van der Waals surface area contributed by atoms with Crippen molar-refractivity contribution in [1.29, 1.82) is 0 Å². The van der Waals surface area contributed by atoms with Crippen LogP contribution in [0.3, 0.4) is 0 Å². The van der Waals surface area contributed by atoms with E-state index < -0.39 is 0 Å². The number of allylic oxidation sites excluding steroid dienone is 4. The second kappa shape index (κ2) is 66.7. The topological polar surface area (TPSA) is 25.3 Å². The molecule has 1 aliphatic rings. The minimum absolute atomic E-state index is 1.03. The molecule has 97 heavy (non-hydrogen) atoms. The fourth-order valence-electron chi connectivity index (χ4n) is 15.0. The Kier molecular flexibility index (Phi) is 62.3. The van der Waals surface area contributed by atoms with Gasteiger partial charge in [-0.25, -0.2) is 4.70 Å². The van der Waals surface area contributed by atoms with Crippen molar-refractivity contribution in [1.82, 2.24) is 0 Å². The second-order valence-corrected chi connectivity index (χ2v) is 31.4. The summed E-state index contributed by atoms with van der Waals surface area (Å²) in [7, 11) is 0. The molecule has 0 radical (unpaired) electrons. The van der Waals surface area contributed by atoms with Crippen molar-refractivity contribution in [3.63, 3.8) is 0 Å². The van der Waals surface area contributed by atoms with Crippen LogP contribution in [0, 0.1) is 0 Å². The smallest absolute Gasteiger partial charge is 0.0654 e. The van der Waals surface area contributed by atoms with Crippen molar-refractivity contribution >= 4 is 11.4 Å². The van der Waals surface area contributed by atoms with Gasteiger partial charge in [-0.05, 0) is 160 Å². The molecule has 3 rings (SSSR count). The van der Waals surface area contributed by atoms with E-state index >= 15 is 0 Å². The number of nitrogens with zero attached hydrogens (tertiary/aromatic N) is 2. The van der Waals surface area contributed by atoms with Crippen LogP contribution in [0.25, 0.3) is 16.9 Å². The van der Waals surface area contributed by atoms with Crippen LogP contribution < -0.4 is 0 Å². The molecular formula is C94H166N2Ni. The van der Waals surface area contributed by atoms with Crippen molar-refractivity contribution in [3.8, 4) is 0 Å². The quantitative estimate of drug-likeness (QED) is 0.0358. The number of hydrogen-bond donors (Lipinski definition) is 0. The van der Waals surface area contributed by atoms with E-state index in [0.717, 1.165) is 62.8 Å². The third kappa shape index (κ3) is 43.9. The number of rotatable bonds is 68. The van der Waals surface area contributed by atoms with Crippen LogP contribution in [-0.2, 0) is 53.0 Å². The molecule has 2 aromatic rings. The van der Waals surface area contributed by atoms with Crippen LogP contribution in [0.5, 0.6) is 0 Å². The van der Waals surface area contributed by atoms with Crippen LogP contribution in [-0.4, -0.2) is 4.70 Å². The zero-order chi connectivity index (χ0) is 70.1. The minimum atomic E-state index is 1.03. The summed E-state index contributed by atoms with van der Waals surface area (Å²) in [5, 5.41) is 4.65. The van der Waals surface area contributed by atoms with E-state index in [9.17, 15) is 5.53 Å². The SMILES string of the molecule is CCCCCCC1=C(c2cc(CCCC)c(CCCC)c(CCCC)c2)[N+](=[N-])C(c2cc(CCCC)c(CCCC)c(CCCC)c2)=C1CCCC.CCCCCCCCCCCCCCCCCCCCC=[CH][Ni][CH]=CCCCCCCCCCCCCCCCCCCCC. The Morgan fingerprint density at radius 3 is 0.711 bits per heavy atom. The van der Waals surface area contributed by atoms with Gasteiger partial charge in [0.2, 0.25) is 11.4 Å². The zero-order valence-corrected chi connectivity index (χ0v) is 68.1. The molecule has 3 heteroatoms. The molecule has 0 saturated carbocycles. The van der Waals surface area contributed by atoms with Gasteiger partial charge >= 0.3 is 165 Å². The van der Waals surface area contributed by atoms with Gasteiger partial charge < -0.3 is 5.53 Å². The normalized spacial score (nSPS) is 12.7. The maximum atomic E-state index is 12.8. The summed E-state index contributed by atoms with van der Waals surface area (Å²) in [4.78, 5) is 0. The van der Waals surface area contributed by atoms with E-state index in [1.807, 2.05) is 0 Å². The van der Waals surface area contributed by atoms with Crippen LogP contribution in [0.2, 0.25) is 0 Å². The summed E-state index contributed by atoms with van der Waals surface area (Å²) < 4.78 is 1.71. The third-order valence-corrected chi connectivity index (χ3v) is 22.2. The summed E-state index contributed by atoms with van der Waals surface area (Å²) >= 11 is 1.69. The fourth-order valence-corrected chi connectivity index (χ4v) is 15.7. The molecule has 0 amide bonds. The van der Waals surface area contributed by atoms with Gasteiger partial charge in [-0.3, -0.25) is 0 Å². The monoisotopic (exact) mass is 1380 g/mol. The predicted molar refractivity (Wildman–Crippen MR) is 435 cm³/mol. The van der Waals surface area contributed by atoms with Crippen molar-refractivity contribution in [3.05, 3.63) is 108 Å². The molecule has 2 nitrogen and oxygen atoms in total. The van der Waals surface area contributed by atoms with Crippen LogP contribution in [0.4, 0.5) is 0 Å². The Morgan fingerprint density at radius 2 is 0.454 bits per heavy atom. The fraction of sp³-hybridized carbons (Fsp3) is 0.787. The number of unbranched alkanes of at least 4 members (excludes halogenated alkanes) is 46. The Bertz CT molecular complexity index is 2170. The van der Waals surface area contributed by atoms with Gasteiger partial charge in [-0.2, -0.15) is 0 Å². The van der Waals surface area contributed by atoms with Crippen LogP contribution >= 0.6 is 0 Å². The Morgan fingerprint density at radius 1 is 0.247 bits per heavy atom. The first kappa shape index (κ1) is 90.6. The van der Waals surface area contributed by atoms with Gasteiger partial charge in [0.15, 0.2) is 0 Å². The molecule has 0 spiro atoms. The molecule has 562 valence electrons. The average Bonchev–Trinajstić information content (AvgIpc) is 1.61. The first-order valence-electron chi connectivity index (χ1n) is 44.0. The molecule has 0 fully saturated rings. The van der Waals surface area contributed by atoms with Crippen molar-refractivity contribution in [2.24, 2.45) is 0 Å². The second-order valence-electron chi connectivity index (χ2n) is 30.4. The van der Waals surface area contributed by atoms with Crippen molar-refractivity contribution < 1.29 is 19.1 Å². The molecule has 0 bridgehead atoms. The molecule has 1 aliphatic heterocycles. The first-order valence-corrected chi connectivity index (χ1v) is 45.1. The van der Waals surface area contributed by atoms with Crippen molar-refractivity contribution in [2.75, 3.05) is 0 Å². The molecule has 0 atom stereocenters. The molecule has 0 N–H and O–H groups in total. The summed E-state index contributed by atoms with van der Waals surface area (Å²) in [6.07, 6.45) is 90.7. The van der Waals surface area contributed by atoms with Gasteiger partial charge in [0.1, 0.15) is 0 Å². The number of aryl methyl sites for hydroxylation is 4. The molecule has 1 heterocycles. The standard InChI is InChI=1S/C50H80N2.2C22H43.Ni/c1-9-17-25-26-34-48-47(33-24-16-8)49(43-35-39(27-18-10-2)45(31-22-14-6)40(36-43)28-19-11-3)52(51)50(48)44-37-41(29-20-12-4)46(32-23-15-7)42(38-44)30-21-13-5;2*1-3-5-7-9-11-13-15-17-19-21-22-20-18-16-14-12-10-8-6-4-2;/h35-38H,9-34H2,1-8H3;2*1,3H,4-22H2,2H3;. The third-order valence-electron chi connectivity index (χ3n) is 21.3. The van der Waals surface area contributed by atoms with E-state index in [1.54, 1.807) is 30.3 Å². The summed E-state index contributed by atoms with van der Waals surface area (Å²) in [5.41, 5.74) is 29.7. The van der Waals surface area contributed by atoms with Crippen LogP contribution in [0.15, 0.2) is 57.7 Å². The first-order chi connectivity index (χ1) is 47.8. The van der Waals surface area contributed by atoms with E-state index in [2.05, 4.69) is 116 Å². The van der Waals surface area contributed by atoms with Crippen LogP contribution in [0.1, 0.15) is 486 Å². The summed E-state index contributed by atoms with van der Waals surface area (Å²) in [5.74, 6) is 0. The minimum Gasteiger partial charge on any atom is -0.0654 e. The molecule has 2 aromatic carbocycles. The van der Waals surface area contributed by atoms with Crippen molar-refractivity contribution in [2.45, 2.75) is 480 Å². The number of benzene rings is 2. The van der Waals surface area contributed by atoms with E-state index in [-0.39, 0.29) is 0 Å². The van der Waals surface area contributed by atoms with E-state index in [1.165, 1.54) is 404 Å². The maximum absolute atomic E-state index is 12.8. The van der Waals surface area contributed by atoms with Gasteiger partial charge in [0.05, 0.1) is 0 Å². The van der Waals surface area contributed by atoms with E-state index in [0.29, 0.717) is 0 Å². The summed E-state index contributed by atoms with van der Waals surface area (Å²) in [6, 6.07) is 10.1. The summed E-state index contributed by atoms with van der Waals surface area (Å²) in [6.45, 7) is 23.2. The van der Waals surface area contributed by atoms with Gasteiger partial charge in [0.25, 0.3) is 0 Å². The molecule has 0 saturated heterocycles. The van der Waals surface area contributed by atoms with Gasteiger partial charge in [-0.15, -0.1) is 0 Å². The van der Waals surface area contributed by atoms with E-state index in [4.69, 9.17) is 0 Å². The Balaban J connectivity index is 0.000000668. The molecule has 0 unspecified atom stereocenters. The number of hydrogen-bond acceptors (Lipinski definition) is 0.